The molecule has 2 heterocycles. The average molecular weight is 411 g/mol. The normalized spacial score (nSPS) is 10.9. The number of hydrogen-bond acceptors (Lipinski definition) is 4. The number of rotatable bonds is 5. The van der Waals surface area contributed by atoms with Crippen molar-refractivity contribution in [1.82, 2.24) is 19.7 Å². The molecule has 0 aliphatic rings. The maximum absolute atomic E-state index is 5.87. The molecule has 6 heteroatoms. The van der Waals surface area contributed by atoms with E-state index in [2.05, 4.69) is 16.3 Å². The van der Waals surface area contributed by atoms with E-state index in [9.17, 15) is 0 Å². The zero-order chi connectivity index (χ0) is 20.3. The second-order valence-electron chi connectivity index (χ2n) is 6.89. The van der Waals surface area contributed by atoms with Crippen LogP contribution in [-0.4, -0.2) is 19.7 Å². The second-order valence-corrected chi connectivity index (χ2v) is 7.27. The Labute approximate surface area is 178 Å². The van der Waals surface area contributed by atoms with Crippen LogP contribution in [0.4, 0.5) is 0 Å². The minimum atomic E-state index is 0.560. The number of aromatic amines is 1. The molecule has 0 spiro atoms. The molecule has 0 unspecified atom stereocenters. The lowest BCUT2D eigenvalue weighted by atomic mass is 10.2. The quantitative estimate of drug-likeness (QED) is 0.361. The van der Waals surface area contributed by atoms with Crippen LogP contribution in [0.2, 0.25) is 0 Å². The standard InChI is InChI=1S/C24H18N4OS/c30-24-27-26-23(22-15-12-18-6-4-5-9-21(18)25-22)28(24)16-17-10-13-20(14-11-17)29-19-7-2-1-3-8-19/h1-15H,16H2,(H,27,30). The molecule has 0 aliphatic carbocycles. The zero-order valence-electron chi connectivity index (χ0n) is 16.0. The predicted molar refractivity (Wildman–Crippen MR) is 120 cm³/mol. The topological polar surface area (TPSA) is 55.7 Å². The molecule has 146 valence electrons. The van der Waals surface area contributed by atoms with E-state index in [-0.39, 0.29) is 0 Å². The molecule has 0 saturated carbocycles. The van der Waals surface area contributed by atoms with Gasteiger partial charge in [0, 0.05) is 5.39 Å². The van der Waals surface area contributed by atoms with Gasteiger partial charge in [-0.25, -0.2) is 4.98 Å². The summed E-state index contributed by atoms with van der Waals surface area (Å²) in [6.45, 7) is 0.588. The van der Waals surface area contributed by atoms with Crippen molar-refractivity contribution >= 4 is 23.1 Å². The highest BCUT2D eigenvalue weighted by atomic mass is 32.1. The first-order valence-electron chi connectivity index (χ1n) is 9.59. The summed E-state index contributed by atoms with van der Waals surface area (Å²) in [5, 5.41) is 8.41. The number of pyridine rings is 1. The number of para-hydroxylation sites is 2. The van der Waals surface area contributed by atoms with E-state index in [0.717, 1.165) is 39.5 Å². The van der Waals surface area contributed by atoms with Crippen LogP contribution in [0.25, 0.3) is 22.4 Å². The van der Waals surface area contributed by atoms with Crippen LogP contribution in [-0.2, 0) is 6.54 Å². The van der Waals surface area contributed by atoms with Gasteiger partial charge in [-0.1, -0.05) is 54.6 Å². The van der Waals surface area contributed by atoms with E-state index in [1.54, 1.807) is 0 Å². The van der Waals surface area contributed by atoms with Gasteiger partial charge in [-0.3, -0.25) is 9.67 Å². The smallest absolute Gasteiger partial charge is 0.195 e. The largest absolute Gasteiger partial charge is 0.457 e. The van der Waals surface area contributed by atoms with Crippen LogP contribution in [0.1, 0.15) is 5.56 Å². The van der Waals surface area contributed by atoms with Crippen molar-refractivity contribution in [1.29, 1.82) is 0 Å². The molecule has 0 fully saturated rings. The van der Waals surface area contributed by atoms with Gasteiger partial charge in [-0.05, 0) is 54.2 Å². The first-order valence-corrected chi connectivity index (χ1v) is 10.0. The number of ether oxygens (including phenoxy) is 1. The SMILES string of the molecule is S=c1[nH]nc(-c2ccc3ccccc3n2)n1Cc1ccc(Oc2ccccc2)cc1. The van der Waals surface area contributed by atoms with Gasteiger partial charge in [0.1, 0.15) is 17.2 Å². The number of nitrogens with zero attached hydrogens (tertiary/aromatic N) is 3. The Hall–Kier alpha value is -3.77. The van der Waals surface area contributed by atoms with Crippen molar-refractivity contribution in [2.75, 3.05) is 0 Å². The van der Waals surface area contributed by atoms with Crippen molar-refractivity contribution in [3.05, 3.63) is 101 Å². The van der Waals surface area contributed by atoms with Gasteiger partial charge in [0.25, 0.3) is 0 Å². The Balaban J connectivity index is 1.41. The predicted octanol–water partition coefficient (Wildman–Crippen LogP) is 6.00. The van der Waals surface area contributed by atoms with Gasteiger partial charge in [-0.15, -0.1) is 0 Å². The lowest BCUT2D eigenvalue weighted by Gasteiger charge is -2.09. The third kappa shape index (κ3) is 3.73. The molecule has 0 radical (unpaired) electrons. The third-order valence-electron chi connectivity index (χ3n) is 4.83. The number of aromatic nitrogens is 4. The number of benzene rings is 3. The maximum Gasteiger partial charge on any atom is 0.195 e. The Bertz CT molecular complexity index is 1360. The van der Waals surface area contributed by atoms with Crippen molar-refractivity contribution < 1.29 is 4.74 Å². The summed E-state index contributed by atoms with van der Waals surface area (Å²) >= 11 is 5.47. The highest BCUT2D eigenvalue weighted by Gasteiger charge is 2.11. The first-order chi connectivity index (χ1) is 14.8. The van der Waals surface area contributed by atoms with Gasteiger partial charge in [0.05, 0.1) is 12.1 Å². The van der Waals surface area contributed by atoms with E-state index in [1.165, 1.54) is 0 Å². The summed E-state index contributed by atoms with van der Waals surface area (Å²) in [6, 6.07) is 29.8. The molecule has 5 aromatic rings. The fourth-order valence-corrected chi connectivity index (χ4v) is 3.52. The summed E-state index contributed by atoms with van der Waals surface area (Å²) < 4.78 is 8.39. The average Bonchev–Trinajstić information content (AvgIpc) is 3.15. The highest BCUT2D eigenvalue weighted by Crippen LogP contribution is 2.23. The number of fused-ring (bicyclic) bond motifs is 1. The molecule has 0 atom stereocenters. The molecule has 0 saturated heterocycles. The van der Waals surface area contributed by atoms with Crippen LogP contribution in [0.5, 0.6) is 11.5 Å². The van der Waals surface area contributed by atoms with Crippen molar-refractivity contribution in [2.24, 2.45) is 0 Å². The molecule has 5 rings (SSSR count). The Kier molecular flexibility index (Phi) is 4.83. The summed E-state index contributed by atoms with van der Waals surface area (Å²) in [5.41, 5.74) is 2.80. The van der Waals surface area contributed by atoms with Gasteiger partial charge >= 0.3 is 0 Å². The van der Waals surface area contributed by atoms with Crippen molar-refractivity contribution in [3.63, 3.8) is 0 Å². The Morgan fingerprint density at radius 1 is 0.800 bits per heavy atom. The highest BCUT2D eigenvalue weighted by molar-refractivity contribution is 7.71. The van der Waals surface area contributed by atoms with E-state index in [1.807, 2.05) is 89.5 Å². The zero-order valence-corrected chi connectivity index (χ0v) is 16.8. The summed E-state index contributed by atoms with van der Waals surface area (Å²) in [6.07, 6.45) is 0. The van der Waals surface area contributed by atoms with Crippen LogP contribution in [0.3, 0.4) is 0 Å². The monoisotopic (exact) mass is 410 g/mol. The van der Waals surface area contributed by atoms with E-state index < -0.39 is 0 Å². The number of H-pyrrole nitrogens is 1. The molecule has 0 aliphatic heterocycles. The van der Waals surface area contributed by atoms with E-state index >= 15 is 0 Å². The van der Waals surface area contributed by atoms with Gasteiger partial charge in [0.15, 0.2) is 10.6 Å². The lowest BCUT2D eigenvalue weighted by molar-refractivity contribution is 0.482. The number of nitrogens with one attached hydrogen (secondary N) is 1. The molecule has 1 N–H and O–H groups in total. The minimum Gasteiger partial charge on any atom is -0.457 e. The number of hydrogen-bond donors (Lipinski definition) is 1. The molecule has 3 aromatic carbocycles. The summed E-state index contributed by atoms with van der Waals surface area (Å²) in [4.78, 5) is 4.75. The second kappa shape index (κ2) is 7.93. The Morgan fingerprint density at radius 3 is 2.37 bits per heavy atom. The maximum atomic E-state index is 5.87. The molecular weight excluding hydrogens is 392 g/mol. The summed E-state index contributed by atoms with van der Waals surface area (Å²) in [7, 11) is 0. The molecule has 0 bridgehead atoms. The van der Waals surface area contributed by atoms with Crippen LogP contribution < -0.4 is 4.74 Å². The molecule has 30 heavy (non-hydrogen) atoms. The van der Waals surface area contributed by atoms with Gasteiger partial charge in [0.2, 0.25) is 0 Å². The lowest BCUT2D eigenvalue weighted by Crippen LogP contribution is -2.03. The third-order valence-corrected chi connectivity index (χ3v) is 5.14. The molecule has 2 aromatic heterocycles. The van der Waals surface area contributed by atoms with Crippen LogP contribution in [0.15, 0.2) is 91.0 Å². The Morgan fingerprint density at radius 2 is 1.53 bits per heavy atom. The van der Waals surface area contributed by atoms with Gasteiger partial charge in [-0.2, -0.15) is 5.10 Å². The molecular formula is C24H18N4OS. The van der Waals surface area contributed by atoms with Gasteiger partial charge < -0.3 is 4.74 Å². The summed E-state index contributed by atoms with van der Waals surface area (Å²) in [5.74, 6) is 2.32. The first kappa shape index (κ1) is 18.3. The van der Waals surface area contributed by atoms with Crippen molar-refractivity contribution in [3.8, 4) is 23.0 Å². The molecule has 5 nitrogen and oxygen atoms in total. The van der Waals surface area contributed by atoms with Crippen LogP contribution in [0, 0.1) is 4.77 Å². The van der Waals surface area contributed by atoms with Crippen LogP contribution >= 0.6 is 12.2 Å². The van der Waals surface area contributed by atoms with E-state index in [0.29, 0.717) is 11.3 Å². The van der Waals surface area contributed by atoms with E-state index in [4.69, 9.17) is 21.9 Å². The fourth-order valence-electron chi connectivity index (χ4n) is 3.32. The van der Waals surface area contributed by atoms with Crippen molar-refractivity contribution in [2.45, 2.75) is 6.54 Å². The molecule has 0 amide bonds. The fraction of sp³-hybridized carbons (Fsp3) is 0.0417. The minimum absolute atomic E-state index is 0.560.